The van der Waals surface area contributed by atoms with Crippen LogP contribution in [0.5, 0.6) is 0 Å². The normalized spacial score (nSPS) is 19.9. The number of rotatable bonds is 2. The average molecular weight is 353 g/mol. The first-order chi connectivity index (χ1) is 8.84. The summed E-state index contributed by atoms with van der Waals surface area (Å²) in [4.78, 5) is 4.32. The zero-order valence-corrected chi connectivity index (χ0v) is 12.3. The Kier molecular flexibility index (Phi) is 3.65. The van der Waals surface area contributed by atoms with Gasteiger partial charge in [0.25, 0.3) is 0 Å². The summed E-state index contributed by atoms with van der Waals surface area (Å²) < 4.78 is 3.45. The number of imidazole rings is 1. The van der Waals surface area contributed by atoms with Gasteiger partial charge in [0.2, 0.25) is 0 Å². The third kappa shape index (κ3) is 2.44. The summed E-state index contributed by atoms with van der Waals surface area (Å²) in [6, 6.07) is 8.97. The van der Waals surface area contributed by atoms with Crippen LogP contribution in [0.25, 0.3) is 5.69 Å². The third-order valence-corrected chi connectivity index (χ3v) is 4.09. The van der Waals surface area contributed by atoms with Crippen LogP contribution in [-0.2, 0) is 0 Å². The van der Waals surface area contributed by atoms with E-state index < -0.39 is 0 Å². The van der Waals surface area contributed by atoms with Crippen molar-refractivity contribution >= 4 is 22.6 Å². The van der Waals surface area contributed by atoms with Crippen molar-refractivity contribution in [1.82, 2.24) is 14.9 Å². The molecule has 0 amide bonds. The van der Waals surface area contributed by atoms with Gasteiger partial charge < -0.3 is 9.88 Å². The molecule has 3 nitrogen and oxygen atoms in total. The second kappa shape index (κ2) is 5.40. The summed E-state index contributed by atoms with van der Waals surface area (Å²) in [5.74, 6) is 0. The van der Waals surface area contributed by atoms with E-state index in [1.807, 2.05) is 12.5 Å². The minimum absolute atomic E-state index is 0.444. The Hall–Kier alpha value is -0.880. The highest BCUT2D eigenvalue weighted by Crippen LogP contribution is 2.25. The Morgan fingerprint density at radius 1 is 1.33 bits per heavy atom. The molecule has 1 aromatic heterocycles. The number of hydrogen-bond acceptors (Lipinski definition) is 2. The Labute approximate surface area is 121 Å². The minimum atomic E-state index is 0.444. The molecule has 0 radical (unpaired) electrons. The summed E-state index contributed by atoms with van der Waals surface area (Å²) in [6.45, 7) is 1.11. The maximum absolute atomic E-state index is 4.32. The molecule has 3 rings (SSSR count). The second-order valence-electron chi connectivity index (χ2n) is 4.67. The fourth-order valence-electron chi connectivity index (χ4n) is 2.51. The van der Waals surface area contributed by atoms with Gasteiger partial charge in [0.15, 0.2) is 0 Å². The smallest absolute Gasteiger partial charge is 0.0994 e. The molecule has 18 heavy (non-hydrogen) atoms. The number of halogens is 1. The highest BCUT2D eigenvalue weighted by atomic mass is 127. The van der Waals surface area contributed by atoms with Gasteiger partial charge >= 0.3 is 0 Å². The van der Waals surface area contributed by atoms with Crippen molar-refractivity contribution in [3.05, 3.63) is 46.1 Å². The van der Waals surface area contributed by atoms with Crippen LogP contribution in [-0.4, -0.2) is 16.1 Å². The predicted molar refractivity (Wildman–Crippen MR) is 80.9 cm³/mol. The van der Waals surface area contributed by atoms with Crippen LogP contribution in [0.1, 0.15) is 31.0 Å². The van der Waals surface area contributed by atoms with Crippen LogP contribution in [0, 0.1) is 3.57 Å². The van der Waals surface area contributed by atoms with Crippen LogP contribution in [0.15, 0.2) is 36.8 Å². The molecule has 2 aromatic rings. The monoisotopic (exact) mass is 353 g/mol. The van der Waals surface area contributed by atoms with E-state index in [-0.39, 0.29) is 0 Å². The van der Waals surface area contributed by atoms with Gasteiger partial charge in [0.1, 0.15) is 0 Å². The number of piperidine rings is 1. The maximum atomic E-state index is 4.32. The number of aromatic nitrogens is 2. The number of benzene rings is 1. The SMILES string of the molecule is Ic1cccc(-n2cncc2C2CCCCN2)c1. The van der Waals surface area contributed by atoms with Crippen LogP contribution < -0.4 is 5.32 Å². The third-order valence-electron chi connectivity index (χ3n) is 3.42. The first kappa shape index (κ1) is 12.2. The molecule has 0 saturated carbocycles. The molecule has 1 aliphatic rings. The molecule has 94 valence electrons. The van der Waals surface area contributed by atoms with Crippen LogP contribution in [0.3, 0.4) is 0 Å². The summed E-state index contributed by atoms with van der Waals surface area (Å²) in [7, 11) is 0. The molecular formula is C14H16IN3. The lowest BCUT2D eigenvalue weighted by molar-refractivity contribution is 0.402. The molecule has 1 N–H and O–H groups in total. The summed E-state index contributed by atoms with van der Waals surface area (Å²) in [5, 5.41) is 3.58. The first-order valence-corrected chi connectivity index (χ1v) is 7.44. The number of nitrogens with zero attached hydrogens (tertiary/aromatic N) is 2. The lowest BCUT2D eigenvalue weighted by Gasteiger charge is -2.24. The van der Waals surface area contributed by atoms with E-state index in [1.54, 1.807) is 0 Å². The van der Waals surface area contributed by atoms with Gasteiger partial charge in [-0.3, -0.25) is 0 Å². The van der Waals surface area contributed by atoms with Gasteiger partial charge in [0.05, 0.1) is 18.2 Å². The Balaban J connectivity index is 1.95. The molecule has 0 bridgehead atoms. The molecule has 2 heterocycles. The summed E-state index contributed by atoms with van der Waals surface area (Å²) in [5.41, 5.74) is 2.47. The van der Waals surface area contributed by atoms with E-state index in [0.717, 1.165) is 6.54 Å². The van der Waals surface area contributed by atoms with Crippen molar-refractivity contribution < 1.29 is 0 Å². The van der Waals surface area contributed by atoms with Crippen molar-refractivity contribution in [1.29, 1.82) is 0 Å². The topological polar surface area (TPSA) is 29.9 Å². The van der Waals surface area contributed by atoms with E-state index in [9.17, 15) is 0 Å². The van der Waals surface area contributed by atoms with E-state index in [4.69, 9.17) is 0 Å². The lowest BCUT2D eigenvalue weighted by Crippen LogP contribution is -2.28. The fraction of sp³-hybridized carbons (Fsp3) is 0.357. The quantitative estimate of drug-likeness (QED) is 0.840. The zero-order chi connectivity index (χ0) is 12.4. The van der Waals surface area contributed by atoms with Crippen LogP contribution in [0.2, 0.25) is 0 Å². The standard InChI is InChI=1S/C14H16IN3/c15-11-4-3-5-12(8-11)18-10-16-9-14(18)13-6-1-2-7-17-13/h3-5,8-10,13,17H,1-2,6-7H2. The Morgan fingerprint density at radius 3 is 3.06 bits per heavy atom. The van der Waals surface area contributed by atoms with E-state index in [1.165, 1.54) is 34.2 Å². The molecule has 1 unspecified atom stereocenters. The van der Waals surface area contributed by atoms with Crippen molar-refractivity contribution in [2.24, 2.45) is 0 Å². The van der Waals surface area contributed by atoms with Crippen molar-refractivity contribution in [2.75, 3.05) is 6.54 Å². The summed E-state index contributed by atoms with van der Waals surface area (Å²) in [6.07, 6.45) is 7.69. The van der Waals surface area contributed by atoms with Gasteiger partial charge in [-0.15, -0.1) is 0 Å². The number of nitrogens with one attached hydrogen (secondary N) is 1. The molecular weight excluding hydrogens is 337 g/mol. The fourth-order valence-corrected chi connectivity index (χ4v) is 3.04. The van der Waals surface area contributed by atoms with Gasteiger partial charge in [0, 0.05) is 15.3 Å². The van der Waals surface area contributed by atoms with Gasteiger partial charge in [-0.1, -0.05) is 12.5 Å². The van der Waals surface area contributed by atoms with Crippen molar-refractivity contribution in [2.45, 2.75) is 25.3 Å². The highest BCUT2D eigenvalue weighted by Gasteiger charge is 2.18. The molecule has 0 spiro atoms. The van der Waals surface area contributed by atoms with Crippen molar-refractivity contribution in [3.63, 3.8) is 0 Å². The van der Waals surface area contributed by atoms with E-state index in [0.29, 0.717) is 6.04 Å². The maximum Gasteiger partial charge on any atom is 0.0994 e. The van der Waals surface area contributed by atoms with E-state index in [2.05, 4.69) is 61.7 Å². The van der Waals surface area contributed by atoms with Gasteiger partial charge in [-0.2, -0.15) is 0 Å². The first-order valence-electron chi connectivity index (χ1n) is 6.36. The largest absolute Gasteiger partial charge is 0.309 e. The molecule has 1 atom stereocenters. The van der Waals surface area contributed by atoms with Gasteiger partial charge in [-0.05, 0) is 60.2 Å². The molecule has 1 fully saturated rings. The zero-order valence-electron chi connectivity index (χ0n) is 10.1. The molecule has 4 heteroatoms. The van der Waals surface area contributed by atoms with Crippen LogP contribution >= 0.6 is 22.6 Å². The second-order valence-corrected chi connectivity index (χ2v) is 5.92. The number of hydrogen-bond donors (Lipinski definition) is 1. The average Bonchev–Trinajstić information content (AvgIpc) is 2.89. The molecule has 1 saturated heterocycles. The van der Waals surface area contributed by atoms with E-state index >= 15 is 0 Å². The highest BCUT2D eigenvalue weighted by molar-refractivity contribution is 14.1. The Bertz CT molecular complexity index is 529. The Morgan fingerprint density at radius 2 is 2.28 bits per heavy atom. The minimum Gasteiger partial charge on any atom is -0.309 e. The van der Waals surface area contributed by atoms with Gasteiger partial charge in [-0.25, -0.2) is 4.98 Å². The van der Waals surface area contributed by atoms with Crippen LogP contribution in [0.4, 0.5) is 0 Å². The van der Waals surface area contributed by atoms with Crippen molar-refractivity contribution in [3.8, 4) is 5.69 Å². The molecule has 1 aromatic carbocycles. The summed E-state index contributed by atoms with van der Waals surface area (Å²) >= 11 is 2.35. The molecule has 1 aliphatic heterocycles. The lowest BCUT2D eigenvalue weighted by atomic mass is 10.0. The molecule has 0 aliphatic carbocycles. The predicted octanol–water partition coefficient (Wildman–Crippen LogP) is 3.29.